The molecular formula is C15H21NO3. The van der Waals surface area contributed by atoms with Crippen LogP contribution in [0.4, 0.5) is 0 Å². The minimum absolute atomic E-state index is 0.00699. The molecule has 1 aliphatic heterocycles. The van der Waals surface area contributed by atoms with Gasteiger partial charge in [0, 0.05) is 12.1 Å². The number of carbonyl (C=O) groups excluding carboxylic acids is 1. The van der Waals surface area contributed by atoms with Gasteiger partial charge in [-0.2, -0.15) is 0 Å². The van der Waals surface area contributed by atoms with Gasteiger partial charge in [-0.1, -0.05) is 13.3 Å². The zero-order valence-corrected chi connectivity index (χ0v) is 11.3. The van der Waals surface area contributed by atoms with E-state index in [1.54, 1.807) is 6.07 Å². The van der Waals surface area contributed by atoms with Crippen LogP contribution in [-0.2, 0) is 0 Å². The lowest BCUT2D eigenvalue weighted by atomic mass is 10.0. The second kappa shape index (κ2) is 6.06. The van der Waals surface area contributed by atoms with Crippen LogP contribution in [0.2, 0.25) is 0 Å². The first-order chi connectivity index (χ1) is 9.10. The van der Waals surface area contributed by atoms with Gasteiger partial charge in [0.1, 0.15) is 0 Å². The number of likely N-dealkylation sites (tertiary alicyclic amines) is 1. The predicted molar refractivity (Wildman–Crippen MR) is 73.6 cm³/mol. The molecule has 0 saturated carbocycles. The van der Waals surface area contributed by atoms with Crippen LogP contribution in [0.25, 0.3) is 0 Å². The number of Topliss-reactive ketones (excluding diaryl/α,β-unsaturated/α-hetero) is 1. The Bertz CT molecular complexity index is 459. The molecule has 4 heteroatoms. The van der Waals surface area contributed by atoms with Crippen LogP contribution in [0.5, 0.6) is 11.5 Å². The molecule has 0 aromatic heterocycles. The molecule has 1 aromatic carbocycles. The average molecular weight is 263 g/mol. The van der Waals surface area contributed by atoms with Gasteiger partial charge in [0.2, 0.25) is 0 Å². The fraction of sp³-hybridized carbons (Fsp3) is 0.533. The average Bonchev–Trinajstić information content (AvgIpc) is 2.80. The van der Waals surface area contributed by atoms with Crippen molar-refractivity contribution in [3.05, 3.63) is 23.8 Å². The highest BCUT2D eigenvalue weighted by molar-refractivity contribution is 5.98. The van der Waals surface area contributed by atoms with E-state index in [0.29, 0.717) is 18.0 Å². The molecule has 1 heterocycles. The van der Waals surface area contributed by atoms with Gasteiger partial charge in [-0.3, -0.25) is 9.69 Å². The van der Waals surface area contributed by atoms with Gasteiger partial charge in [-0.15, -0.1) is 0 Å². The Kier molecular flexibility index (Phi) is 4.43. The minimum Gasteiger partial charge on any atom is -0.504 e. The highest BCUT2D eigenvalue weighted by Crippen LogP contribution is 2.26. The van der Waals surface area contributed by atoms with Crippen LogP contribution in [-0.4, -0.2) is 40.5 Å². The molecule has 1 saturated heterocycles. The Labute approximate surface area is 113 Å². The number of hydrogen-bond acceptors (Lipinski definition) is 4. The third kappa shape index (κ3) is 3.47. The lowest BCUT2D eigenvalue weighted by molar-refractivity contribution is 0.0942. The first-order valence-corrected chi connectivity index (χ1v) is 6.87. The van der Waals surface area contributed by atoms with E-state index in [0.717, 1.165) is 13.1 Å². The quantitative estimate of drug-likeness (QED) is 0.632. The summed E-state index contributed by atoms with van der Waals surface area (Å²) in [5.41, 5.74) is 0.453. The second-order valence-electron chi connectivity index (χ2n) is 5.31. The topological polar surface area (TPSA) is 60.8 Å². The van der Waals surface area contributed by atoms with E-state index < -0.39 is 0 Å². The summed E-state index contributed by atoms with van der Waals surface area (Å²) in [7, 11) is 0. The third-order valence-electron chi connectivity index (χ3n) is 3.73. The maximum absolute atomic E-state index is 12.1. The fourth-order valence-electron chi connectivity index (χ4n) is 2.69. The molecule has 0 radical (unpaired) electrons. The Hall–Kier alpha value is -1.55. The van der Waals surface area contributed by atoms with Crippen molar-refractivity contribution in [3.8, 4) is 11.5 Å². The van der Waals surface area contributed by atoms with Crippen LogP contribution in [0.3, 0.4) is 0 Å². The molecule has 1 atom stereocenters. The van der Waals surface area contributed by atoms with Crippen molar-refractivity contribution in [2.24, 2.45) is 5.92 Å². The summed E-state index contributed by atoms with van der Waals surface area (Å²) in [6.45, 7) is 4.54. The normalized spacial score (nSPS) is 19.7. The summed E-state index contributed by atoms with van der Waals surface area (Å²) in [5, 5.41) is 18.6. The van der Waals surface area contributed by atoms with E-state index in [9.17, 15) is 15.0 Å². The van der Waals surface area contributed by atoms with Crippen LogP contribution in [0.15, 0.2) is 18.2 Å². The van der Waals surface area contributed by atoms with Gasteiger partial charge in [-0.25, -0.2) is 0 Å². The summed E-state index contributed by atoms with van der Waals surface area (Å²) in [6.07, 6.45) is 3.59. The summed E-state index contributed by atoms with van der Waals surface area (Å²) in [4.78, 5) is 14.3. The van der Waals surface area contributed by atoms with Crippen molar-refractivity contribution in [3.63, 3.8) is 0 Å². The van der Waals surface area contributed by atoms with Crippen molar-refractivity contribution in [1.29, 1.82) is 0 Å². The number of rotatable bonds is 5. The Morgan fingerprint density at radius 3 is 2.84 bits per heavy atom. The Balaban J connectivity index is 1.92. The monoisotopic (exact) mass is 263 g/mol. The van der Waals surface area contributed by atoms with E-state index in [4.69, 9.17) is 0 Å². The Morgan fingerprint density at radius 2 is 2.16 bits per heavy atom. The molecule has 1 aliphatic rings. The fourth-order valence-corrected chi connectivity index (χ4v) is 2.69. The number of phenolic OH excluding ortho intramolecular Hbond substituents is 2. The van der Waals surface area contributed by atoms with Gasteiger partial charge in [0.15, 0.2) is 17.3 Å². The first kappa shape index (κ1) is 13.9. The van der Waals surface area contributed by atoms with Gasteiger partial charge < -0.3 is 10.2 Å². The minimum atomic E-state index is -0.240. The van der Waals surface area contributed by atoms with E-state index >= 15 is 0 Å². The first-order valence-electron chi connectivity index (χ1n) is 6.87. The molecule has 4 nitrogen and oxygen atoms in total. The zero-order valence-electron chi connectivity index (χ0n) is 11.3. The smallest absolute Gasteiger partial charge is 0.176 e. The third-order valence-corrected chi connectivity index (χ3v) is 3.73. The molecule has 2 N–H and O–H groups in total. The number of nitrogens with zero attached hydrogens (tertiary/aromatic N) is 1. The SMILES string of the molecule is CCCC1CCN(CC(=O)c2ccc(O)c(O)c2)C1. The standard InChI is InChI=1S/C15H21NO3/c1-2-3-11-6-7-16(9-11)10-15(19)12-4-5-13(17)14(18)8-12/h4-5,8,11,17-18H,2-3,6-7,9-10H2,1H3. The van der Waals surface area contributed by atoms with E-state index in [-0.39, 0.29) is 17.3 Å². The maximum Gasteiger partial charge on any atom is 0.176 e. The molecular weight excluding hydrogens is 242 g/mol. The number of carbonyl (C=O) groups is 1. The van der Waals surface area contributed by atoms with Crippen molar-refractivity contribution in [1.82, 2.24) is 4.90 Å². The largest absolute Gasteiger partial charge is 0.504 e. The van der Waals surface area contributed by atoms with Crippen molar-refractivity contribution in [2.45, 2.75) is 26.2 Å². The van der Waals surface area contributed by atoms with Crippen molar-refractivity contribution >= 4 is 5.78 Å². The van der Waals surface area contributed by atoms with Crippen LogP contribution < -0.4 is 0 Å². The van der Waals surface area contributed by atoms with Gasteiger partial charge in [0.25, 0.3) is 0 Å². The van der Waals surface area contributed by atoms with E-state index in [1.165, 1.54) is 31.4 Å². The molecule has 0 amide bonds. The molecule has 2 rings (SSSR count). The number of hydrogen-bond donors (Lipinski definition) is 2. The van der Waals surface area contributed by atoms with Crippen LogP contribution >= 0.6 is 0 Å². The molecule has 0 bridgehead atoms. The molecule has 0 aliphatic carbocycles. The van der Waals surface area contributed by atoms with Crippen molar-refractivity contribution < 1.29 is 15.0 Å². The number of aromatic hydroxyl groups is 2. The highest BCUT2D eigenvalue weighted by atomic mass is 16.3. The lowest BCUT2D eigenvalue weighted by Crippen LogP contribution is -2.27. The maximum atomic E-state index is 12.1. The summed E-state index contributed by atoms with van der Waals surface area (Å²) in [6, 6.07) is 4.24. The summed E-state index contributed by atoms with van der Waals surface area (Å²) < 4.78 is 0. The summed E-state index contributed by atoms with van der Waals surface area (Å²) in [5.74, 6) is 0.273. The number of benzene rings is 1. The molecule has 0 spiro atoms. The number of ketones is 1. The van der Waals surface area contributed by atoms with Crippen LogP contribution in [0, 0.1) is 5.92 Å². The molecule has 1 fully saturated rings. The highest BCUT2D eigenvalue weighted by Gasteiger charge is 2.23. The predicted octanol–water partition coefficient (Wildman–Crippen LogP) is 2.40. The summed E-state index contributed by atoms with van der Waals surface area (Å²) >= 11 is 0. The Morgan fingerprint density at radius 1 is 1.37 bits per heavy atom. The molecule has 19 heavy (non-hydrogen) atoms. The second-order valence-corrected chi connectivity index (χ2v) is 5.31. The lowest BCUT2D eigenvalue weighted by Gasteiger charge is -2.15. The van der Waals surface area contributed by atoms with Gasteiger partial charge >= 0.3 is 0 Å². The van der Waals surface area contributed by atoms with Gasteiger partial charge in [0.05, 0.1) is 6.54 Å². The van der Waals surface area contributed by atoms with Crippen molar-refractivity contribution in [2.75, 3.05) is 19.6 Å². The van der Waals surface area contributed by atoms with Crippen LogP contribution in [0.1, 0.15) is 36.5 Å². The molecule has 104 valence electrons. The van der Waals surface area contributed by atoms with Gasteiger partial charge in [-0.05, 0) is 43.5 Å². The zero-order chi connectivity index (χ0) is 13.8. The van der Waals surface area contributed by atoms with E-state index in [1.807, 2.05) is 0 Å². The molecule has 1 aromatic rings. The molecule has 1 unspecified atom stereocenters. The number of phenols is 2. The van der Waals surface area contributed by atoms with E-state index in [2.05, 4.69) is 11.8 Å².